The van der Waals surface area contributed by atoms with Crippen LogP contribution >= 0.6 is 11.6 Å². The quantitative estimate of drug-likeness (QED) is 0.855. The fraction of sp³-hybridized carbons (Fsp3) is 0.429. The van der Waals surface area contributed by atoms with Crippen molar-refractivity contribution < 1.29 is 0 Å². The fourth-order valence-corrected chi connectivity index (χ4v) is 2.11. The Morgan fingerprint density at radius 3 is 2.79 bits per heavy atom. The molecule has 0 amide bonds. The van der Waals surface area contributed by atoms with Gasteiger partial charge in [-0.3, -0.25) is 0 Å². The summed E-state index contributed by atoms with van der Waals surface area (Å²) < 4.78 is 1.82. The zero-order valence-electron chi connectivity index (χ0n) is 11.6. The number of halogens is 1. The van der Waals surface area contributed by atoms with Gasteiger partial charge in [-0.05, 0) is 32.9 Å². The third-order valence-electron chi connectivity index (χ3n) is 3.01. The largest absolute Gasteiger partial charge is 0.313 e. The van der Waals surface area contributed by atoms with Gasteiger partial charge < -0.3 is 5.32 Å². The minimum atomic E-state index is 0.707. The van der Waals surface area contributed by atoms with Crippen LogP contribution in [0.5, 0.6) is 0 Å². The third kappa shape index (κ3) is 2.96. The van der Waals surface area contributed by atoms with Crippen LogP contribution < -0.4 is 5.32 Å². The summed E-state index contributed by atoms with van der Waals surface area (Å²) in [5.41, 5.74) is 2.88. The maximum atomic E-state index is 6.20. The average Bonchev–Trinajstić information content (AvgIpc) is 2.67. The number of nitrogens with one attached hydrogen (secondary N) is 1. The summed E-state index contributed by atoms with van der Waals surface area (Å²) in [6.45, 7) is 7.79. The Morgan fingerprint density at radius 1 is 1.37 bits per heavy atom. The summed E-state index contributed by atoms with van der Waals surface area (Å²) in [6.07, 6.45) is 2.89. The van der Waals surface area contributed by atoms with Crippen LogP contribution in [0.25, 0.3) is 5.82 Å². The van der Waals surface area contributed by atoms with Gasteiger partial charge in [-0.1, -0.05) is 24.6 Å². The number of rotatable bonds is 5. The summed E-state index contributed by atoms with van der Waals surface area (Å²) in [5.74, 6) is 0.846. The zero-order valence-corrected chi connectivity index (χ0v) is 12.3. The average molecular weight is 279 g/mol. The van der Waals surface area contributed by atoms with E-state index in [2.05, 4.69) is 28.4 Å². The molecule has 4 nitrogen and oxygen atoms in total. The molecule has 5 heteroatoms. The van der Waals surface area contributed by atoms with Crippen molar-refractivity contribution in [2.45, 2.75) is 33.7 Å². The topological polar surface area (TPSA) is 42.7 Å². The Labute approximate surface area is 118 Å². The molecule has 2 rings (SSSR count). The van der Waals surface area contributed by atoms with E-state index in [0.29, 0.717) is 5.02 Å². The monoisotopic (exact) mass is 278 g/mol. The van der Waals surface area contributed by atoms with E-state index in [1.54, 1.807) is 6.20 Å². The highest BCUT2D eigenvalue weighted by Crippen LogP contribution is 2.22. The molecule has 0 aliphatic rings. The van der Waals surface area contributed by atoms with Gasteiger partial charge in [-0.2, -0.15) is 5.10 Å². The van der Waals surface area contributed by atoms with E-state index in [4.69, 9.17) is 11.6 Å². The molecule has 0 radical (unpaired) electrons. The van der Waals surface area contributed by atoms with Crippen LogP contribution in [0.3, 0.4) is 0 Å². The number of aromatic nitrogens is 3. The fourth-order valence-electron chi connectivity index (χ4n) is 1.99. The van der Waals surface area contributed by atoms with Crippen molar-refractivity contribution >= 4 is 11.6 Å². The van der Waals surface area contributed by atoms with Gasteiger partial charge in [0.25, 0.3) is 0 Å². The molecule has 0 atom stereocenters. The van der Waals surface area contributed by atoms with Crippen LogP contribution in [0, 0.1) is 13.8 Å². The summed E-state index contributed by atoms with van der Waals surface area (Å²) in [4.78, 5) is 4.44. The van der Waals surface area contributed by atoms with E-state index in [-0.39, 0.29) is 0 Å². The van der Waals surface area contributed by atoms with Gasteiger partial charge in [-0.15, -0.1) is 0 Å². The number of aryl methyl sites for hydroxylation is 1. The standard InChI is InChI=1S/C14H19ClN4/c1-4-7-16-9-12-6-5-8-17-14(12)19-11(3)13(15)10(2)18-19/h5-6,8,16H,4,7,9H2,1-3H3. The predicted molar refractivity (Wildman–Crippen MR) is 77.8 cm³/mol. The lowest BCUT2D eigenvalue weighted by Gasteiger charge is -2.10. The van der Waals surface area contributed by atoms with Crippen molar-refractivity contribution in [3.05, 3.63) is 40.3 Å². The highest BCUT2D eigenvalue weighted by Gasteiger charge is 2.14. The first kappa shape index (κ1) is 14.0. The van der Waals surface area contributed by atoms with Gasteiger partial charge >= 0.3 is 0 Å². The molecule has 0 spiro atoms. The SMILES string of the molecule is CCCNCc1cccnc1-n1nc(C)c(Cl)c1C. The highest BCUT2D eigenvalue weighted by molar-refractivity contribution is 6.31. The van der Waals surface area contributed by atoms with E-state index >= 15 is 0 Å². The Morgan fingerprint density at radius 2 is 2.16 bits per heavy atom. The normalized spacial score (nSPS) is 10.9. The molecule has 1 N–H and O–H groups in total. The molecule has 0 aliphatic carbocycles. The lowest BCUT2D eigenvalue weighted by Crippen LogP contribution is -2.16. The van der Waals surface area contributed by atoms with Crippen LogP contribution in [0.15, 0.2) is 18.3 Å². The lowest BCUT2D eigenvalue weighted by atomic mass is 10.2. The van der Waals surface area contributed by atoms with Gasteiger partial charge in [-0.25, -0.2) is 9.67 Å². The Hall–Kier alpha value is -1.39. The molecule has 0 bridgehead atoms. The van der Waals surface area contributed by atoms with Gasteiger partial charge in [0.05, 0.1) is 16.4 Å². The molecule has 0 aliphatic heterocycles. The molecular formula is C14H19ClN4. The number of pyridine rings is 1. The van der Waals surface area contributed by atoms with Crippen LogP contribution in [-0.2, 0) is 6.54 Å². The zero-order chi connectivity index (χ0) is 13.8. The van der Waals surface area contributed by atoms with Crippen molar-refractivity contribution in [3.8, 4) is 5.82 Å². The van der Waals surface area contributed by atoms with Crippen molar-refractivity contribution in [2.24, 2.45) is 0 Å². The molecule has 102 valence electrons. The third-order valence-corrected chi connectivity index (χ3v) is 3.56. The second-order valence-electron chi connectivity index (χ2n) is 4.56. The van der Waals surface area contributed by atoms with Crippen LogP contribution in [0.2, 0.25) is 5.02 Å². The van der Waals surface area contributed by atoms with Crippen molar-refractivity contribution in [1.82, 2.24) is 20.1 Å². The maximum absolute atomic E-state index is 6.20. The highest BCUT2D eigenvalue weighted by atomic mass is 35.5. The predicted octanol–water partition coefficient (Wildman–Crippen LogP) is 3.04. The van der Waals surface area contributed by atoms with Gasteiger partial charge in [0, 0.05) is 18.3 Å². The minimum absolute atomic E-state index is 0.707. The molecule has 2 heterocycles. The molecule has 0 fully saturated rings. The summed E-state index contributed by atoms with van der Waals surface area (Å²) >= 11 is 6.20. The summed E-state index contributed by atoms with van der Waals surface area (Å²) in [6, 6.07) is 4.01. The molecule has 0 saturated carbocycles. The maximum Gasteiger partial charge on any atom is 0.158 e. The smallest absolute Gasteiger partial charge is 0.158 e. The molecule has 2 aromatic heterocycles. The minimum Gasteiger partial charge on any atom is -0.313 e. The van der Waals surface area contributed by atoms with E-state index < -0.39 is 0 Å². The van der Waals surface area contributed by atoms with E-state index in [0.717, 1.165) is 42.3 Å². The Balaban J connectivity index is 2.36. The summed E-state index contributed by atoms with van der Waals surface area (Å²) in [7, 11) is 0. The molecule has 19 heavy (non-hydrogen) atoms. The van der Waals surface area contributed by atoms with Gasteiger partial charge in [0.2, 0.25) is 0 Å². The Kier molecular flexibility index (Phi) is 4.56. The molecule has 0 aromatic carbocycles. The molecule has 0 saturated heterocycles. The van der Waals surface area contributed by atoms with E-state index in [1.165, 1.54) is 0 Å². The lowest BCUT2D eigenvalue weighted by molar-refractivity contribution is 0.664. The number of nitrogens with zero attached hydrogens (tertiary/aromatic N) is 3. The van der Waals surface area contributed by atoms with Gasteiger partial charge in [0.1, 0.15) is 0 Å². The Bertz CT molecular complexity index is 563. The number of hydrogen-bond donors (Lipinski definition) is 1. The molecule has 0 unspecified atom stereocenters. The van der Waals surface area contributed by atoms with E-state index in [1.807, 2.05) is 24.6 Å². The second-order valence-corrected chi connectivity index (χ2v) is 4.94. The van der Waals surface area contributed by atoms with E-state index in [9.17, 15) is 0 Å². The van der Waals surface area contributed by atoms with Crippen LogP contribution in [-0.4, -0.2) is 21.3 Å². The second kappa shape index (κ2) is 6.17. The number of hydrogen-bond acceptors (Lipinski definition) is 3. The van der Waals surface area contributed by atoms with Crippen molar-refractivity contribution in [3.63, 3.8) is 0 Å². The first-order chi connectivity index (χ1) is 9.15. The molecule has 2 aromatic rings. The van der Waals surface area contributed by atoms with Crippen LogP contribution in [0.1, 0.15) is 30.3 Å². The van der Waals surface area contributed by atoms with Crippen LogP contribution in [0.4, 0.5) is 0 Å². The summed E-state index contributed by atoms with van der Waals surface area (Å²) in [5, 5.41) is 8.56. The first-order valence-corrected chi connectivity index (χ1v) is 6.89. The molecular weight excluding hydrogens is 260 g/mol. The van der Waals surface area contributed by atoms with Gasteiger partial charge in [0.15, 0.2) is 5.82 Å². The van der Waals surface area contributed by atoms with Crippen molar-refractivity contribution in [2.75, 3.05) is 6.54 Å². The first-order valence-electron chi connectivity index (χ1n) is 6.51. The van der Waals surface area contributed by atoms with Crippen molar-refractivity contribution in [1.29, 1.82) is 0 Å².